The number of H-pyrrole nitrogens is 1. The fourth-order valence-corrected chi connectivity index (χ4v) is 2.91. The zero-order valence-electron chi connectivity index (χ0n) is 14.2. The Kier molecular flexibility index (Phi) is 4.96. The number of aryl methyl sites for hydroxylation is 1. The van der Waals surface area contributed by atoms with Gasteiger partial charge in [-0.2, -0.15) is 5.10 Å². The van der Waals surface area contributed by atoms with E-state index < -0.39 is 11.5 Å². The Morgan fingerprint density at radius 1 is 1.42 bits per heavy atom. The van der Waals surface area contributed by atoms with Crippen molar-refractivity contribution in [1.29, 1.82) is 0 Å². The van der Waals surface area contributed by atoms with Gasteiger partial charge in [0.05, 0.1) is 29.8 Å². The topological polar surface area (TPSA) is 115 Å². The molecular weight excluding hydrogens is 358 g/mol. The molecule has 0 unspecified atom stereocenters. The van der Waals surface area contributed by atoms with Crippen LogP contribution in [0.15, 0.2) is 23.1 Å². The highest BCUT2D eigenvalue weighted by Crippen LogP contribution is 2.22. The number of methoxy groups -OCH3 is 1. The highest BCUT2D eigenvalue weighted by Gasteiger charge is 2.19. The van der Waals surface area contributed by atoms with Crippen LogP contribution in [0.3, 0.4) is 0 Å². The van der Waals surface area contributed by atoms with Crippen molar-refractivity contribution in [3.05, 3.63) is 39.0 Å². The lowest BCUT2D eigenvalue weighted by Gasteiger charge is -2.12. The maximum atomic E-state index is 12.4. The van der Waals surface area contributed by atoms with Gasteiger partial charge in [0.1, 0.15) is 11.3 Å². The molecule has 3 rings (SSSR count). The maximum Gasteiger partial charge on any atom is 0.336 e. The van der Waals surface area contributed by atoms with Gasteiger partial charge in [0.2, 0.25) is 0 Å². The predicted molar refractivity (Wildman–Crippen MR) is 96.9 cm³/mol. The molecule has 0 radical (unpaired) electrons. The summed E-state index contributed by atoms with van der Waals surface area (Å²) in [6.45, 7) is 3.26. The van der Waals surface area contributed by atoms with E-state index in [2.05, 4.69) is 15.1 Å². The first-order chi connectivity index (χ1) is 12.5. The molecule has 0 aliphatic heterocycles. The van der Waals surface area contributed by atoms with E-state index in [-0.39, 0.29) is 21.4 Å². The van der Waals surface area contributed by atoms with Crippen LogP contribution in [0.5, 0.6) is 0 Å². The van der Waals surface area contributed by atoms with Crippen molar-refractivity contribution in [3.63, 3.8) is 0 Å². The van der Waals surface area contributed by atoms with E-state index in [1.54, 1.807) is 21.5 Å². The van der Waals surface area contributed by atoms with Crippen LogP contribution in [0.2, 0.25) is 0 Å². The highest BCUT2D eigenvalue weighted by atomic mass is 32.1. The number of carbonyl (C=O) groups is 1. The molecule has 0 saturated carbocycles. The Labute approximate surface area is 152 Å². The maximum absolute atomic E-state index is 12.4. The first-order valence-corrected chi connectivity index (χ1v) is 8.31. The molecule has 0 spiro atoms. The van der Waals surface area contributed by atoms with Gasteiger partial charge >= 0.3 is 5.97 Å². The number of nitrogens with zero attached hydrogens (tertiary/aromatic N) is 4. The summed E-state index contributed by atoms with van der Waals surface area (Å²) in [5, 5.41) is 13.9. The molecule has 0 aliphatic rings. The lowest BCUT2D eigenvalue weighted by molar-refractivity contribution is 0.0699. The third kappa shape index (κ3) is 3.16. The molecule has 0 bridgehead atoms. The van der Waals surface area contributed by atoms with Crippen molar-refractivity contribution in [1.82, 2.24) is 24.3 Å². The van der Waals surface area contributed by atoms with Gasteiger partial charge in [0.15, 0.2) is 4.77 Å². The van der Waals surface area contributed by atoms with Gasteiger partial charge in [0.25, 0.3) is 5.56 Å². The standard InChI is InChI=1S/C16H17N5O4S/c1-3-20-5-4-10(19-20)11-8-9(15(23)24)12-13(17-11)21(6-7-25-2)16(26)18-14(12)22/h4-5,8H,3,6-7H2,1-2H3,(H,23,24)(H,18,22,26). The number of fused-ring (bicyclic) bond motifs is 1. The summed E-state index contributed by atoms with van der Waals surface area (Å²) in [5.74, 6) is -1.23. The number of pyridine rings is 1. The van der Waals surface area contributed by atoms with Crippen molar-refractivity contribution in [2.75, 3.05) is 13.7 Å². The van der Waals surface area contributed by atoms with Crippen LogP contribution >= 0.6 is 12.2 Å². The zero-order chi connectivity index (χ0) is 18.8. The molecule has 0 aromatic carbocycles. The second kappa shape index (κ2) is 7.18. The monoisotopic (exact) mass is 375 g/mol. The average molecular weight is 375 g/mol. The first-order valence-electron chi connectivity index (χ1n) is 7.90. The molecule has 3 aromatic heterocycles. The Morgan fingerprint density at radius 3 is 2.81 bits per heavy atom. The molecular formula is C16H17N5O4S. The van der Waals surface area contributed by atoms with Crippen molar-refractivity contribution in [3.8, 4) is 11.4 Å². The number of hydrogen-bond acceptors (Lipinski definition) is 6. The summed E-state index contributed by atoms with van der Waals surface area (Å²) in [6.07, 6.45) is 1.77. The Hall–Kier alpha value is -2.85. The lowest BCUT2D eigenvalue weighted by Crippen LogP contribution is -2.20. The highest BCUT2D eigenvalue weighted by molar-refractivity contribution is 7.71. The number of aromatic amines is 1. The second-order valence-corrected chi connectivity index (χ2v) is 5.91. The van der Waals surface area contributed by atoms with Crippen LogP contribution in [-0.4, -0.2) is 49.1 Å². The summed E-state index contributed by atoms with van der Waals surface area (Å²) in [4.78, 5) is 31.1. The van der Waals surface area contributed by atoms with Gasteiger partial charge in [-0.15, -0.1) is 0 Å². The van der Waals surface area contributed by atoms with Gasteiger partial charge in [-0.3, -0.25) is 14.5 Å². The lowest BCUT2D eigenvalue weighted by atomic mass is 10.1. The molecule has 3 heterocycles. The molecule has 10 heteroatoms. The van der Waals surface area contributed by atoms with Crippen molar-refractivity contribution in [2.24, 2.45) is 0 Å². The van der Waals surface area contributed by atoms with Crippen molar-refractivity contribution < 1.29 is 14.6 Å². The smallest absolute Gasteiger partial charge is 0.336 e. The number of aromatic carboxylic acids is 1. The summed E-state index contributed by atoms with van der Waals surface area (Å²) in [6, 6.07) is 3.09. The fraction of sp³-hybridized carbons (Fsp3) is 0.312. The average Bonchev–Trinajstić information content (AvgIpc) is 3.09. The van der Waals surface area contributed by atoms with Crippen molar-refractivity contribution in [2.45, 2.75) is 20.0 Å². The Morgan fingerprint density at radius 2 is 2.19 bits per heavy atom. The molecule has 0 aliphatic carbocycles. The minimum absolute atomic E-state index is 0.0270. The number of ether oxygens (including phenoxy) is 1. The minimum atomic E-state index is -1.23. The van der Waals surface area contributed by atoms with Crippen LogP contribution in [0.4, 0.5) is 0 Å². The second-order valence-electron chi connectivity index (χ2n) is 5.52. The first kappa shape index (κ1) is 18.0. The number of nitrogens with one attached hydrogen (secondary N) is 1. The van der Waals surface area contributed by atoms with Crippen LogP contribution in [0.25, 0.3) is 22.4 Å². The molecule has 0 fully saturated rings. The van der Waals surface area contributed by atoms with Gasteiger partial charge < -0.3 is 14.4 Å². The van der Waals surface area contributed by atoms with Gasteiger partial charge in [0, 0.05) is 19.9 Å². The van der Waals surface area contributed by atoms with Crippen LogP contribution in [0, 0.1) is 4.77 Å². The van der Waals surface area contributed by atoms with E-state index in [1.165, 1.54) is 13.2 Å². The van der Waals surface area contributed by atoms with Crippen LogP contribution in [0.1, 0.15) is 17.3 Å². The molecule has 2 N–H and O–H groups in total. The van der Waals surface area contributed by atoms with E-state index in [9.17, 15) is 14.7 Å². The van der Waals surface area contributed by atoms with Gasteiger partial charge in [-0.05, 0) is 31.3 Å². The van der Waals surface area contributed by atoms with E-state index >= 15 is 0 Å². The summed E-state index contributed by atoms with van der Waals surface area (Å²) in [5.41, 5.74) is 0.318. The van der Waals surface area contributed by atoms with Gasteiger partial charge in [-0.1, -0.05) is 0 Å². The van der Waals surface area contributed by atoms with Crippen LogP contribution < -0.4 is 5.56 Å². The quantitative estimate of drug-likeness (QED) is 0.630. The summed E-state index contributed by atoms with van der Waals surface area (Å²) < 4.78 is 8.49. The largest absolute Gasteiger partial charge is 0.478 e. The number of hydrogen-bond donors (Lipinski definition) is 2. The number of carboxylic acid groups (broad SMARTS) is 1. The summed E-state index contributed by atoms with van der Waals surface area (Å²) in [7, 11) is 1.54. The summed E-state index contributed by atoms with van der Waals surface area (Å²) >= 11 is 5.22. The third-order valence-corrected chi connectivity index (χ3v) is 4.25. The minimum Gasteiger partial charge on any atom is -0.478 e. The Bertz CT molecular complexity index is 1100. The normalized spacial score (nSPS) is 11.2. The van der Waals surface area contributed by atoms with E-state index in [0.29, 0.717) is 31.1 Å². The number of carboxylic acids is 1. The van der Waals surface area contributed by atoms with E-state index in [0.717, 1.165) is 0 Å². The molecule has 3 aromatic rings. The van der Waals surface area contributed by atoms with Crippen molar-refractivity contribution >= 4 is 29.2 Å². The molecule has 26 heavy (non-hydrogen) atoms. The molecule has 136 valence electrons. The zero-order valence-corrected chi connectivity index (χ0v) is 15.0. The van der Waals surface area contributed by atoms with Crippen LogP contribution in [-0.2, 0) is 17.8 Å². The molecule has 0 atom stereocenters. The molecule has 0 saturated heterocycles. The molecule has 9 nitrogen and oxygen atoms in total. The number of rotatable bonds is 6. The SMILES string of the molecule is CCn1ccc(-c2cc(C(=O)O)c3c(=O)[nH]c(=S)n(CCOC)c3n2)n1. The fourth-order valence-electron chi connectivity index (χ4n) is 2.64. The molecule has 0 amide bonds. The van der Waals surface area contributed by atoms with Gasteiger partial charge in [-0.25, -0.2) is 9.78 Å². The van der Waals surface area contributed by atoms with E-state index in [4.69, 9.17) is 17.0 Å². The number of aromatic nitrogens is 5. The predicted octanol–water partition coefficient (Wildman–Crippen LogP) is 1.68. The van der Waals surface area contributed by atoms with E-state index in [1.807, 2.05) is 6.92 Å². The Balaban J connectivity index is 2.37. The third-order valence-electron chi connectivity index (χ3n) is 3.93.